The molecule has 3 aromatic rings. The van der Waals surface area contributed by atoms with Crippen molar-refractivity contribution < 1.29 is 14.3 Å². The summed E-state index contributed by atoms with van der Waals surface area (Å²) < 4.78 is 5.28. The van der Waals surface area contributed by atoms with Crippen LogP contribution in [0.25, 0.3) is 11.3 Å². The number of anilines is 1. The van der Waals surface area contributed by atoms with Gasteiger partial charge in [0.15, 0.2) is 5.82 Å². The second-order valence-corrected chi connectivity index (χ2v) is 9.79. The summed E-state index contributed by atoms with van der Waals surface area (Å²) in [4.78, 5) is 32.4. The van der Waals surface area contributed by atoms with Crippen molar-refractivity contribution in [2.45, 2.75) is 39.7 Å². The van der Waals surface area contributed by atoms with Crippen molar-refractivity contribution in [3.8, 4) is 17.0 Å². The molecule has 2 heterocycles. The maximum absolute atomic E-state index is 13.4. The number of aromatic nitrogens is 2. The highest BCUT2D eigenvalue weighted by atomic mass is 16.5. The molecular formula is C30H37N5O3. The lowest BCUT2D eigenvalue weighted by atomic mass is 10.1. The maximum atomic E-state index is 13.4. The standard InChI is InChI=1S/C30H37N5O3/c1-5-23(3)35(30(37)25-8-6-9-26(20-25)38-4)21-29(36)34-17-7-16-33(18-19-34)28-15-14-27(31-32-28)24-12-10-22(2)11-13-24/h6,8-15,20,23H,5,7,16-19,21H2,1-4H3. The van der Waals surface area contributed by atoms with E-state index in [-0.39, 0.29) is 24.4 Å². The molecule has 1 saturated heterocycles. The van der Waals surface area contributed by atoms with Crippen molar-refractivity contribution in [3.63, 3.8) is 0 Å². The van der Waals surface area contributed by atoms with Crippen molar-refractivity contribution in [1.82, 2.24) is 20.0 Å². The highest BCUT2D eigenvalue weighted by Crippen LogP contribution is 2.21. The van der Waals surface area contributed by atoms with Gasteiger partial charge in [-0.15, -0.1) is 10.2 Å². The largest absolute Gasteiger partial charge is 0.497 e. The van der Waals surface area contributed by atoms with Gasteiger partial charge < -0.3 is 19.4 Å². The van der Waals surface area contributed by atoms with E-state index in [1.807, 2.05) is 30.9 Å². The average Bonchev–Trinajstić information content (AvgIpc) is 3.22. The molecule has 200 valence electrons. The van der Waals surface area contributed by atoms with Gasteiger partial charge in [-0.05, 0) is 57.0 Å². The molecule has 1 aliphatic rings. The fraction of sp³-hybridized carbons (Fsp3) is 0.400. The molecule has 38 heavy (non-hydrogen) atoms. The van der Waals surface area contributed by atoms with Crippen LogP contribution in [0.4, 0.5) is 5.82 Å². The van der Waals surface area contributed by atoms with Gasteiger partial charge in [-0.3, -0.25) is 9.59 Å². The number of hydrogen-bond acceptors (Lipinski definition) is 6. The Labute approximate surface area is 225 Å². The first-order valence-corrected chi connectivity index (χ1v) is 13.3. The van der Waals surface area contributed by atoms with Crippen LogP contribution in [0.2, 0.25) is 0 Å². The first kappa shape index (κ1) is 27.1. The third-order valence-electron chi connectivity index (χ3n) is 7.18. The minimum atomic E-state index is -0.160. The molecule has 1 fully saturated rings. The number of rotatable bonds is 8. The number of amides is 2. The van der Waals surface area contributed by atoms with Gasteiger partial charge in [-0.25, -0.2) is 0 Å². The Balaban J connectivity index is 1.40. The summed E-state index contributed by atoms with van der Waals surface area (Å²) in [6, 6.07) is 19.2. The number of ether oxygens (including phenoxy) is 1. The molecule has 0 aliphatic carbocycles. The number of aryl methyl sites for hydroxylation is 1. The third kappa shape index (κ3) is 6.49. The molecule has 2 aromatic carbocycles. The van der Waals surface area contributed by atoms with Crippen LogP contribution >= 0.6 is 0 Å². The molecule has 0 N–H and O–H groups in total. The molecule has 1 aliphatic heterocycles. The fourth-order valence-corrected chi connectivity index (χ4v) is 4.58. The Kier molecular flexibility index (Phi) is 8.94. The first-order valence-electron chi connectivity index (χ1n) is 13.3. The molecule has 2 amide bonds. The van der Waals surface area contributed by atoms with Crippen molar-refractivity contribution in [3.05, 3.63) is 71.8 Å². The van der Waals surface area contributed by atoms with Crippen LogP contribution in [-0.4, -0.2) is 77.7 Å². The van der Waals surface area contributed by atoms with Crippen LogP contribution < -0.4 is 9.64 Å². The number of carbonyl (C=O) groups excluding carboxylic acids is 2. The topological polar surface area (TPSA) is 78.9 Å². The Morgan fingerprint density at radius 1 is 1.00 bits per heavy atom. The van der Waals surface area contributed by atoms with E-state index in [0.717, 1.165) is 36.5 Å². The molecule has 4 rings (SSSR count). The van der Waals surface area contributed by atoms with Gasteiger partial charge in [-0.1, -0.05) is 42.8 Å². The monoisotopic (exact) mass is 515 g/mol. The average molecular weight is 516 g/mol. The molecule has 0 saturated carbocycles. The van der Waals surface area contributed by atoms with Crippen molar-refractivity contribution in [2.75, 3.05) is 44.7 Å². The lowest BCUT2D eigenvalue weighted by molar-refractivity contribution is -0.132. The first-order chi connectivity index (χ1) is 18.4. The SMILES string of the molecule is CCC(C)N(CC(=O)N1CCCN(c2ccc(-c3ccc(C)cc3)nn2)CC1)C(=O)c1cccc(OC)c1. The Morgan fingerprint density at radius 2 is 1.79 bits per heavy atom. The lowest BCUT2D eigenvalue weighted by Crippen LogP contribution is -2.47. The van der Waals surface area contributed by atoms with E-state index in [2.05, 4.69) is 46.3 Å². The van der Waals surface area contributed by atoms with Crippen LogP contribution in [0, 0.1) is 6.92 Å². The number of methoxy groups -OCH3 is 1. The van der Waals surface area contributed by atoms with E-state index in [1.165, 1.54) is 5.56 Å². The zero-order chi connectivity index (χ0) is 27.1. The second kappa shape index (κ2) is 12.5. The summed E-state index contributed by atoms with van der Waals surface area (Å²) in [7, 11) is 1.58. The van der Waals surface area contributed by atoms with Crippen LogP contribution in [0.3, 0.4) is 0 Å². The Hall–Kier alpha value is -3.94. The van der Waals surface area contributed by atoms with E-state index in [0.29, 0.717) is 30.9 Å². The Morgan fingerprint density at radius 3 is 2.47 bits per heavy atom. The van der Waals surface area contributed by atoms with Crippen LogP contribution in [-0.2, 0) is 4.79 Å². The summed E-state index contributed by atoms with van der Waals surface area (Å²) in [5, 5.41) is 8.92. The predicted molar refractivity (Wildman–Crippen MR) is 149 cm³/mol. The number of carbonyl (C=O) groups is 2. The van der Waals surface area contributed by atoms with E-state index >= 15 is 0 Å². The van der Waals surface area contributed by atoms with Gasteiger partial charge in [0, 0.05) is 43.3 Å². The molecule has 1 unspecified atom stereocenters. The van der Waals surface area contributed by atoms with Crippen LogP contribution in [0.15, 0.2) is 60.7 Å². The van der Waals surface area contributed by atoms with Gasteiger partial charge in [0.2, 0.25) is 5.91 Å². The van der Waals surface area contributed by atoms with Gasteiger partial charge in [0.1, 0.15) is 12.3 Å². The molecule has 8 heteroatoms. The molecule has 1 aromatic heterocycles. The van der Waals surface area contributed by atoms with E-state index in [9.17, 15) is 9.59 Å². The van der Waals surface area contributed by atoms with E-state index in [1.54, 1.807) is 36.3 Å². The van der Waals surface area contributed by atoms with Crippen LogP contribution in [0.5, 0.6) is 5.75 Å². The predicted octanol–water partition coefficient (Wildman–Crippen LogP) is 4.44. The lowest BCUT2D eigenvalue weighted by Gasteiger charge is -2.31. The summed E-state index contributed by atoms with van der Waals surface area (Å²) in [5.74, 6) is 1.23. The molecule has 8 nitrogen and oxygen atoms in total. The minimum Gasteiger partial charge on any atom is -0.497 e. The molecular weight excluding hydrogens is 478 g/mol. The van der Waals surface area contributed by atoms with E-state index in [4.69, 9.17) is 4.74 Å². The number of nitrogens with zero attached hydrogens (tertiary/aromatic N) is 5. The molecule has 0 bridgehead atoms. The Bertz CT molecular complexity index is 1230. The van der Waals surface area contributed by atoms with Crippen molar-refractivity contribution in [1.29, 1.82) is 0 Å². The highest BCUT2D eigenvalue weighted by Gasteiger charge is 2.27. The fourth-order valence-electron chi connectivity index (χ4n) is 4.58. The highest BCUT2D eigenvalue weighted by molar-refractivity contribution is 5.97. The maximum Gasteiger partial charge on any atom is 0.254 e. The molecule has 0 spiro atoms. The number of hydrogen-bond donors (Lipinski definition) is 0. The summed E-state index contributed by atoms with van der Waals surface area (Å²) in [6.07, 6.45) is 1.58. The zero-order valence-corrected chi connectivity index (χ0v) is 22.8. The van der Waals surface area contributed by atoms with E-state index < -0.39 is 0 Å². The number of benzene rings is 2. The molecule has 1 atom stereocenters. The van der Waals surface area contributed by atoms with Gasteiger partial charge in [0.25, 0.3) is 5.91 Å². The van der Waals surface area contributed by atoms with Crippen molar-refractivity contribution in [2.24, 2.45) is 0 Å². The minimum absolute atomic E-state index is 0.0378. The van der Waals surface area contributed by atoms with Gasteiger partial charge in [0.05, 0.1) is 12.8 Å². The van der Waals surface area contributed by atoms with Crippen LogP contribution in [0.1, 0.15) is 42.6 Å². The zero-order valence-electron chi connectivity index (χ0n) is 22.8. The summed E-state index contributed by atoms with van der Waals surface area (Å²) in [5.41, 5.74) is 3.61. The van der Waals surface area contributed by atoms with Gasteiger partial charge in [-0.2, -0.15) is 0 Å². The molecule has 0 radical (unpaired) electrons. The summed E-state index contributed by atoms with van der Waals surface area (Å²) >= 11 is 0. The second-order valence-electron chi connectivity index (χ2n) is 9.79. The third-order valence-corrected chi connectivity index (χ3v) is 7.18. The normalized spacial score (nSPS) is 14.5. The quantitative estimate of drug-likeness (QED) is 0.441. The summed E-state index contributed by atoms with van der Waals surface area (Å²) in [6.45, 7) is 8.79. The van der Waals surface area contributed by atoms with Gasteiger partial charge >= 0.3 is 0 Å². The van der Waals surface area contributed by atoms with Crippen molar-refractivity contribution >= 4 is 17.6 Å². The smallest absolute Gasteiger partial charge is 0.254 e.